The Labute approximate surface area is 170 Å². The van der Waals surface area contributed by atoms with Crippen LogP contribution < -0.4 is 5.73 Å². The van der Waals surface area contributed by atoms with E-state index >= 15 is 0 Å². The van der Waals surface area contributed by atoms with Crippen LogP contribution in [0.25, 0.3) is 0 Å². The van der Waals surface area contributed by atoms with Gasteiger partial charge in [0.25, 0.3) is 0 Å². The number of carbonyl (C=O) groups excluding carboxylic acids is 1. The first-order valence-corrected chi connectivity index (χ1v) is 9.87. The molecule has 156 valence electrons. The maximum absolute atomic E-state index is 11.2. The lowest BCUT2D eigenvalue weighted by Crippen LogP contribution is -2.31. The second-order valence-corrected chi connectivity index (χ2v) is 7.28. The first-order chi connectivity index (χ1) is 13.0. The number of aliphatic hydroxyl groups is 2. The van der Waals surface area contributed by atoms with E-state index in [9.17, 15) is 15.0 Å². The molecule has 4 nitrogen and oxygen atoms in total. The van der Waals surface area contributed by atoms with Crippen molar-refractivity contribution >= 4 is 5.91 Å². The molecule has 0 aliphatic heterocycles. The molecule has 0 rings (SSSR count). The molecule has 4 heteroatoms. The van der Waals surface area contributed by atoms with Gasteiger partial charge in [0, 0.05) is 17.6 Å². The highest BCUT2D eigenvalue weighted by Crippen LogP contribution is 2.33. The van der Waals surface area contributed by atoms with E-state index in [4.69, 9.17) is 5.73 Å². The average Bonchev–Trinajstić information content (AvgIpc) is 2.66. The summed E-state index contributed by atoms with van der Waals surface area (Å²) in [6, 6.07) is 0. The predicted octanol–water partition coefficient (Wildman–Crippen LogP) is 5.02. The van der Waals surface area contributed by atoms with Crippen molar-refractivity contribution < 1.29 is 15.0 Å². The van der Waals surface area contributed by atoms with Gasteiger partial charge in [-0.15, -0.1) is 0 Å². The normalized spacial score (nSPS) is 11.0. The van der Waals surface area contributed by atoms with Crippen molar-refractivity contribution in [3.63, 3.8) is 0 Å². The van der Waals surface area contributed by atoms with Gasteiger partial charge in [0.1, 0.15) is 0 Å². The lowest BCUT2D eigenvalue weighted by atomic mass is 9.85. The number of nitrogens with two attached hydrogens (primary N) is 1. The standard InChI is InChI=1S/C24H37NO3/c1-8-9-10-11-12-13-14-15-16-24(27,28)22(7)20(5)18(3)17(2)19(4)21(6)23(25)26/h27-28H,2-16H2,1H3,(H2,25,26). The van der Waals surface area contributed by atoms with Gasteiger partial charge in [-0.3, -0.25) is 4.79 Å². The van der Waals surface area contributed by atoms with Crippen molar-refractivity contribution in [3.8, 4) is 0 Å². The predicted molar refractivity (Wildman–Crippen MR) is 118 cm³/mol. The Morgan fingerprint density at radius 2 is 1.11 bits per heavy atom. The molecule has 0 unspecified atom stereocenters. The number of unbranched alkanes of at least 4 members (excludes halogenated alkanes) is 7. The number of hydrogen-bond donors (Lipinski definition) is 3. The summed E-state index contributed by atoms with van der Waals surface area (Å²) in [6.45, 7) is 24.8. The molecule has 0 aromatic carbocycles. The summed E-state index contributed by atoms with van der Waals surface area (Å²) in [6.07, 6.45) is 8.99. The Hall–Kier alpha value is -2.17. The maximum atomic E-state index is 11.2. The summed E-state index contributed by atoms with van der Waals surface area (Å²) in [4.78, 5) is 11.2. The fraction of sp³-hybridized carbons (Fsp3) is 0.458. The third-order valence-corrected chi connectivity index (χ3v) is 4.98. The van der Waals surface area contributed by atoms with Gasteiger partial charge in [-0.2, -0.15) is 0 Å². The zero-order chi connectivity index (χ0) is 21.9. The minimum atomic E-state index is -2.08. The summed E-state index contributed by atoms with van der Waals surface area (Å²) in [5, 5.41) is 20.8. The van der Waals surface area contributed by atoms with Crippen LogP contribution in [0, 0.1) is 0 Å². The summed E-state index contributed by atoms with van der Waals surface area (Å²) < 4.78 is 0. The van der Waals surface area contributed by atoms with Crippen LogP contribution in [0.4, 0.5) is 0 Å². The van der Waals surface area contributed by atoms with E-state index in [1.165, 1.54) is 32.1 Å². The topological polar surface area (TPSA) is 83.6 Å². The van der Waals surface area contributed by atoms with E-state index < -0.39 is 11.7 Å². The molecule has 0 aliphatic carbocycles. The van der Waals surface area contributed by atoms with Gasteiger partial charge in [-0.1, -0.05) is 91.3 Å². The van der Waals surface area contributed by atoms with E-state index in [0.29, 0.717) is 17.6 Å². The second-order valence-electron chi connectivity index (χ2n) is 7.28. The summed E-state index contributed by atoms with van der Waals surface area (Å²) in [5.41, 5.74) is 6.36. The number of carbonyl (C=O) groups is 1. The van der Waals surface area contributed by atoms with E-state index in [1.807, 2.05) is 0 Å². The highest BCUT2D eigenvalue weighted by atomic mass is 16.5. The average molecular weight is 388 g/mol. The fourth-order valence-corrected chi connectivity index (χ4v) is 2.78. The van der Waals surface area contributed by atoms with Gasteiger partial charge in [-0.25, -0.2) is 0 Å². The van der Waals surface area contributed by atoms with Gasteiger partial charge in [-0.05, 0) is 28.7 Å². The molecule has 0 aromatic rings. The van der Waals surface area contributed by atoms with Crippen LogP contribution in [0.5, 0.6) is 0 Å². The molecular formula is C24H37NO3. The van der Waals surface area contributed by atoms with Crippen molar-refractivity contribution in [1.29, 1.82) is 0 Å². The molecule has 0 bridgehead atoms. The highest BCUT2D eigenvalue weighted by molar-refractivity contribution is 5.97. The Morgan fingerprint density at radius 3 is 1.57 bits per heavy atom. The molecule has 0 fully saturated rings. The minimum absolute atomic E-state index is 0.0164. The van der Waals surface area contributed by atoms with Crippen molar-refractivity contribution in [3.05, 3.63) is 72.9 Å². The lowest BCUT2D eigenvalue weighted by Gasteiger charge is -2.27. The fourth-order valence-electron chi connectivity index (χ4n) is 2.78. The Bertz CT molecular complexity index is 653. The van der Waals surface area contributed by atoms with Crippen molar-refractivity contribution in [2.45, 2.75) is 70.5 Å². The van der Waals surface area contributed by atoms with E-state index in [1.54, 1.807) is 0 Å². The first kappa shape index (κ1) is 25.8. The number of primary amides is 1. The Balaban J connectivity index is 4.61. The van der Waals surface area contributed by atoms with Crippen molar-refractivity contribution in [2.75, 3.05) is 0 Å². The smallest absolute Gasteiger partial charge is 0.248 e. The number of allylic oxidation sites excluding steroid dienone is 2. The second kappa shape index (κ2) is 12.3. The zero-order valence-electron chi connectivity index (χ0n) is 17.5. The zero-order valence-corrected chi connectivity index (χ0v) is 17.5. The molecule has 0 aliphatic rings. The molecule has 0 spiro atoms. The molecule has 1 amide bonds. The van der Waals surface area contributed by atoms with Gasteiger partial charge in [0.15, 0.2) is 5.79 Å². The molecule has 0 heterocycles. The van der Waals surface area contributed by atoms with Crippen LogP contribution in [-0.4, -0.2) is 21.9 Å². The molecule has 4 N–H and O–H groups in total. The number of hydrogen-bond acceptors (Lipinski definition) is 3. The van der Waals surface area contributed by atoms with Crippen LogP contribution in [0.15, 0.2) is 72.9 Å². The van der Waals surface area contributed by atoms with E-state index in [0.717, 1.165) is 12.8 Å². The Morgan fingerprint density at radius 1 is 0.714 bits per heavy atom. The van der Waals surface area contributed by atoms with Crippen LogP contribution in [-0.2, 0) is 4.79 Å². The molecule has 0 radical (unpaired) electrons. The van der Waals surface area contributed by atoms with Crippen LogP contribution in [0.1, 0.15) is 64.7 Å². The molecule has 0 aromatic heterocycles. The molecule has 0 saturated carbocycles. The first-order valence-electron chi connectivity index (χ1n) is 9.87. The van der Waals surface area contributed by atoms with E-state index in [-0.39, 0.29) is 28.7 Å². The van der Waals surface area contributed by atoms with Gasteiger partial charge >= 0.3 is 0 Å². The van der Waals surface area contributed by atoms with Gasteiger partial charge in [0.05, 0.1) is 0 Å². The lowest BCUT2D eigenvalue weighted by molar-refractivity contribution is -0.131. The number of amides is 1. The molecule has 28 heavy (non-hydrogen) atoms. The van der Waals surface area contributed by atoms with Gasteiger partial charge < -0.3 is 15.9 Å². The maximum Gasteiger partial charge on any atom is 0.248 e. The molecule has 0 saturated heterocycles. The van der Waals surface area contributed by atoms with E-state index in [2.05, 4.69) is 46.4 Å². The highest BCUT2D eigenvalue weighted by Gasteiger charge is 2.29. The summed E-state index contributed by atoms with van der Waals surface area (Å²) >= 11 is 0. The SMILES string of the molecule is C=C(C(=C)C(=C)C(=C)C(O)(O)CCCCCCCCCC)C(=C)C(=C)C(N)=O. The summed E-state index contributed by atoms with van der Waals surface area (Å²) in [7, 11) is 0. The van der Waals surface area contributed by atoms with Crippen LogP contribution >= 0.6 is 0 Å². The number of rotatable bonds is 16. The summed E-state index contributed by atoms with van der Waals surface area (Å²) in [5.74, 6) is -2.79. The largest absolute Gasteiger partial charge is 0.366 e. The van der Waals surface area contributed by atoms with Crippen LogP contribution in [0.3, 0.4) is 0 Å². The van der Waals surface area contributed by atoms with Gasteiger partial charge in [0.2, 0.25) is 5.91 Å². The third kappa shape index (κ3) is 8.24. The quantitative estimate of drug-likeness (QED) is 0.150. The monoisotopic (exact) mass is 387 g/mol. The Kier molecular flexibility index (Phi) is 11.4. The minimum Gasteiger partial charge on any atom is -0.366 e. The van der Waals surface area contributed by atoms with Crippen molar-refractivity contribution in [2.24, 2.45) is 5.73 Å². The third-order valence-electron chi connectivity index (χ3n) is 4.98. The molecular weight excluding hydrogens is 350 g/mol. The van der Waals surface area contributed by atoms with Crippen LogP contribution in [0.2, 0.25) is 0 Å². The molecule has 0 atom stereocenters. The van der Waals surface area contributed by atoms with Crippen molar-refractivity contribution in [1.82, 2.24) is 0 Å².